The number of rotatable bonds is 1. The molecule has 1 aromatic rings. The van der Waals surface area contributed by atoms with Gasteiger partial charge in [0.2, 0.25) is 0 Å². The Morgan fingerprint density at radius 3 is 2.90 bits per heavy atom. The summed E-state index contributed by atoms with van der Waals surface area (Å²) in [6.45, 7) is 5.54. The zero-order chi connectivity index (χ0) is 14.1. The average molecular weight is 276 g/mol. The maximum absolute atomic E-state index is 13.1. The highest BCUT2D eigenvalue weighted by molar-refractivity contribution is 5.95. The van der Waals surface area contributed by atoms with Crippen molar-refractivity contribution in [1.29, 1.82) is 0 Å². The van der Waals surface area contributed by atoms with E-state index in [1.54, 1.807) is 13.0 Å². The van der Waals surface area contributed by atoms with E-state index < -0.39 is 0 Å². The van der Waals surface area contributed by atoms with Crippen LogP contribution in [0, 0.1) is 12.7 Å². The molecular weight excluding hydrogens is 255 g/mol. The van der Waals surface area contributed by atoms with Crippen molar-refractivity contribution in [2.75, 3.05) is 26.2 Å². The van der Waals surface area contributed by atoms with Crippen LogP contribution in [0.25, 0.3) is 0 Å². The van der Waals surface area contributed by atoms with Crippen LogP contribution in [0.3, 0.4) is 0 Å². The topological polar surface area (TPSA) is 23.6 Å². The van der Waals surface area contributed by atoms with Gasteiger partial charge in [-0.1, -0.05) is 6.42 Å². The Kier molecular flexibility index (Phi) is 3.74. The van der Waals surface area contributed by atoms with E-state index in [0.717, 1.165) is 25.2 Å². The molecule has 3 rings (SSSR count). The van der Waals surface area contributed by atoms with Gasteiger partial charge in [-0.15, -0.1) is 0 Å². The van der Waals surface area contributed by atoms with E-state index in [2.05, 4.69) is 4.90 Å². The molecule has 20 heavy (non-hydrogen) atoms. The number of carbonyl (C=O) groups excluding carboxylic acids is 1. The Morgan fingerprint density at radius 2 is 2.10 bits per heavy atom. The lowest BCUT2D eigenvalue weighted by Gasteiger charge is -2.44. The largest absolute Gasteiger partial charge is 0.336 e. The maximum Gasteiger partial charge on any atom is 0.254 e. The van der Waals surface area contributed by atoms with Crippen molar-refractivity contribution in [2.24, 2.45) is 0 Å². The molecule has 0 spiro atoms. The fraction of sp³-hybridized carbons (Fsp3) is 0.562. The van der Waals surface area contributed by atoms with Crippen LogP contribution in [0.15, 0.2) is 18.2 Å². The van der Waals surface area contributed by atoms with Crippen LogP contribution in [0.1, 0.15) is 35.2 Å². The number of benzene rings is 1. The normalized spacial score (nSPS) is 23.5. The van der Waals surface area contributed by atoms with Crippen LogP contribution in [0.4, 0.5) is 4.39 Å². The fourth-order valence-corrected chi connectivity index (χ4v) is 3.38. The third kappa shape index (κ3) is 2.57. The van der Waals surface area contributed by atoms with Crippen LogP contribution in [0.5, 0.6) is 0 Å². The minimum absolute atomic E-state index is 0.0488. The Balaban J connectivity index is 1.74. The number of carbonyl (C=O) groups is 1. The number of hydrogen-bond donors (Lipinski definition) is 0. The zero-order valence-corrected chi connectivity index (χ0v) is 11.9. The van der Waals surface area contributed by atoms with Crippen LogP contribution in [-0.2, 0) is 0 Å². The van der Waals surface area contributed by atoms with Crippen LogP contribution in [0.2, 0.25) is 0 Å². The highest BCUT2D eigenvalue weighted by atomic mass is 19.1. The molecule has 1 amide bonds. The Morgan fingerprint density at radius 1 is 1.25 bits per heavy atom. The molecule has 1 unspecified atom stereocenters. The Bertz CT molecular complexity index is 517. The van der Waals surface area contributed by atoms with Crippen molar-refractivity contribution < 1.29 is 9.18 Å². The first-order chi connectivity index (χ1) is 9.65. The lowest BCUT2D eigenvalue weighted by molar-refractivity contribution is 0.0372. The third-order valence-electron chi connectivity index (χ3n) is 4.54. The molecule has 0 saturated carbocycles. The van der Waals surface area contributed by atoms with E-state index in [1.807, 2.05) is 4.90 Å². The van der Waals surface area contributed by atoms with Gasteiger partial charge < -0.3 is 4.90 Å². The van der Waals surface area contributed by atoms with E-state index in [0.29, 0.717) is 11.6 Å². The van der Waals surface area contributed by atoms with Crippen LogP contribution < -0.4 is 0 Å². The van der Waals surface area contributed by atoms with Crippen molar-refractivity contribution in [3.05, 3.63) is 35.1 Å². The molecule has 0 aromatic heterocycles. The van der Waals surface area contributed by atoms with E-state index in [-0.39, 0.29) is 11.7 Å². The second-order valence-electron chi connectivity index (χ2n) is 5.90. The number of piperidine rings is 1. The molecule has 2 saturated heterocycles. The van der Waals surface area contributed by atoms with Crippen molar-refractivity contribution in [3.8, 4) is 0 Å². The number of fused-ring (bicyclic) bond motifs is 1. The molecular formula is C16H21FN2O. The van der Waals surface area contributed by atoms with Gasteiger partial charge in [-0.05, 0) is 50.1 Å². The van der Waals surface area contributed by atoms with Crippen molar-refractivity contribution in [2.45, 2.75) is 32.2 Å². The Labute approximate surface area is 119 Å². The summed E-state index contributed by atoms with van der Waals surface area (Å²) in [6.07, 6.45) is 3.73. The van der Waals surface area contributed by atoms with Crippen molar-refractivity contribution in [1.82, 2.24) is 9.80 Å². The first-order valence-electron chi connectivity index (χ1n) is 7.44. The zero-order valence-electron chi connectivity index (χ0n) is 11.9. The monoisotopic (exact) mass is 276 g/mol. The summed E-state index contributed by atoms with van der Waals surface area (Å²) < 4.78 is 13.1. The first kappa shape index (κ1) is 13.6. The van der Waals surface area contributed by atoms with Crippen molar-refractivity contribution in [3.63, 3.8) is 0 Å². The van der Waals surface area contributed by atoms with Gasteiger partial charge >= 0.3 is 0 Å². The summed E-state index contributed by atoms with van der Waals surface area (Å²) >= 11 is 0. The molecule has 3 nitrogen and oxygen atoms in total. The summed E-state index contributed by atoms with van der Waals surface area (Å²) in [4.78, 5) is 17.0. The van der Waals surface area contributed by atoms with E-state index in [1.165, 1.54) is 37.9 Å². The van der Waals surface area contributed by atoms with Crippen LogP contribution >= 0.6 is 0 Å². The van der Waals surface area contributed by atoms with Gasteiger partial charge in [0.1, 0.15) is 5.82 Å². The standard InChI is InChI=1S/C16H21FN2O/c1-12-10-13(17)5-6-15(12)16(20)19-9-8-18-7-3-2-4-14(18)11-19/h5-6,10,14H,2-4,7-9,11H2,1H3. The smallest absolute Gasteiger partial charge is 0.254 e. The molecule has 2 aliphatic rings. The minimum atomic E-state index is -0.281. The molecule has 108 valence electrons. The molecule has 2 heterocycles. The summed E-state index contributed by atoms with van der Waals surface area (Å²) in [7, 11) is 0. The van der Waals surface area contributed by atoms with Gasteiger partial charge in [0.05, 0.1) is 0 Å². The predicted octanol–water partition coefficient (Wildman–Crippen LogP) is 2.44. The number of nitrogens with zero attached hydrogens (tertiary/aromatic N) is 2. The van der Waals surface area contributed by atoms with Gasteiger partial charge in [-0.3, -0.25) is 9.69 Å². The average Bonchev–Trinajstić information content (AvgIpc) is 2.46. The van der Waals surface area contributed by atoms with E-state index in [4.69, 9.17) is 0 Å². The first-order valence-corrected chi connectivity index (χ1v) is 7.44. The van der Waals surface area contributed by atoms with Crippen molar-refractivity contribution >= 4 is 5.91 Å². The third-order valence-corrected chi connectivity index (χ3v) is 4.54. The Hall–Kier alpha value is -1.42. The molecule has 2 fully saturated rings. The summed E-state index contributed by atoms with van der Waals surface area (Å²) in [5.74, 6) is -0.233. The fourth-order valence-electron chi connectivity index (χ4n) is 3.38. The maximum atomic E-state index is 13.1. The van der Waals surface area contributed by atoms with Gasteiger partial charge in [0.15, 0.2) is 0 Å². The molecule has 0 radical (unpaired) electrons. The molecule has 2 aliphatic heterocycles. The van der Waals surface area contributed by atoms with E-state index in [9.17, 15) is 9.18 Å². The SMILES string of the molecule is Cc1cc(F)ccc1C(=O)N1CCN2CCCCC2C1. The molecule has 4 heteroatoms. The van der Waals surface area contributed by atoms with E-state index >= 15 is 0 Å². The number of halogens is 1. The van der Waals surface area contributed by atoms with Crippen LogP contribution in [-0.4, -0.2) is 47.9 Å². The summed E-state index contributed by atoms with van der Waals surface area (Å²) in [5.41, 5.74) is 1.36. The van der Waals surface area contributed by atoms with Gasteiger partial charge in [-0.25, -0.2) is 4.39 Å². The number of amides is 1. The molecule has 0 N–H and O–H groups in total. The summed E-state index contributed by atoms with van der Waals surface area (Å²) in [5, 5.41) is 0. The van der Waals surface area contributed by atoms with Gasteiger partial charge in [0, 0.05) is 31.2 Å². The lowest BCUT2D eigenvalue weighted by atomic mass is 9.98. The quantitative estimate of drug-likeness (QED) is 0.786. The molecule has 1 aromatic carbocycles. The molecule has 0 aliphatic carbocycles. The highest BCUT2D eigenvalue weighted by Gasteiger charge is 2.31. The summed E-state index contributed by atoms with van der Waals surface area (Å²) in [6, 6.07) is 4.93. The highest BCUT2D eigenvalue weighted by Crippen LogP contribution is 2.23. The number of piperazine rings is 1. The predicted molar refractivity (Wildman–Crippen MR) is 76.3 cm³/mol. The second kappa shape index (κ2) is 5.52. The molecule has 0 bridgehead atoms. The van der Waals surface area contributed by atoms with Gasteiger partial charge in [-0.2, -0.15) is 0 Å². The minimum Gasteiger partial charge on any atom is -0.336 e. The second-order valence-corrected chi connectivity index (χ2v) is 5.90. The van der Waals surface area contributed by atoms with Gasteiger partial charge in [0.25, 0.3) is 5.91 Å². The molecule has 1 atom stereocenters. The number of hydrogen-bond acceptors (Lipinski definition) is 2. The lowest BCUT2D eigenvalue weighted by Crippen LogP contribution is -2.56. The number of aryl methyl sites for hydroxylation is 1.